The van der Waals surface area contributed by atoms with Gasteiger partial charge in [0.2, 0.25) is 5.91 Å². The minimum absolute atomic E-state index is 0.0972. The molecule has 2 saturated carbocycles. The van der Waals surface area contributed by atoms with Crippen LogP contribution in [0.25, 0.3) is 0 Å². The highest BCUT2D eigenvalue weighted by molar-refractivity contribution is 5.97. The molecule has 1 aromatic rings. The van der Waals surface area contributed by atoms with Gasteiger partial charge in [-0.3, -0.25) is 9.59 Å². The number of nitrogens with one attached hydrogen (secondary N) is 2. The van der Waals surface area contributed by atoms with Crippen molar-refractivity contribution >= 4 is 11.8 Å². The highest BCUT2D eigenvalue weighted by atomic mass is 16.5. The van der Waals surface area contributed by atoms with E-state index in [-0.39, 0.29) is 29.4 Å². The van der Waals surface area contributed by atoms with Gasteiger partial charge in [-0.2, -0.15) is 0 Å². The lowest BCUT2D eigenvalue weighted by molar-refractivity contribution is -0.145. The summed E-state index contributed by atoms with van der Waals surface area (Å²) < 4.78 is 10.8. The first-order valence-electron chi connectivity index (χ1n) is 8.82. The molecule has 2 aliphatic carbocycles. The maximum atomic E-state index is 12.5. The lowest BCUT2D eigenvalue weighted by Gasteiger charge is -2.54. The van der Waals surface area contributed by atoms with E-state index >= 15 is 0 Å². The van der Waals surface area contributed by atoms with Gasteiger partial charge in [0.25, 0.3) is 5.91 Å². The van der Waals surface area contributed by atoms with Crippen molar-refractivity contribution in [1.82, 2.24) is 10.6 Å². The normalized spacial score (nSPS) is 25.9. The molecule has 24 heavy (non-hydrogen) atoms. The summed E-state index contributed by atoms with van der Waals surface area (Å²) in [5, 5.41) is 5.84. The molecule has 0 aliphatic heterocycles. The number of hydrogen-bond acceptors (Lipinski definition) is 4. The van der Waals surface area contributed by atoms with E-state index in [2.05, 4.69) is 10.6 Å². The molecule has 2 amide bonds. The van der Waals surface area contributed by atoms with Crippen molar-refractivity contribution in [2.75, 3.05) is 6.61 Å². The second kappa shape index (κ2) is 6.97. The summed E-state index contributed by atoms with van der Waals surface area (Å²) in [5.41, 5.74) is 0.516. The van der Waals surface area contributed by atoms with Gasteiger partial charge in [-0.25, -0.2) is 0 Å². The summed E-state index contributed by atoms with van der Waals surface area (Å²) in [4.78, 5) is 24.5. The third-order valence-corrected chi connectivity index (χ3v) is 5.53. The summed E-state index contributed by atoms with van der Waals surface area (Å²) >= 11 is 0. The molecule has 2 aliphatic rings. The number of ether oxygens (including phenoxy) is 1. The van der Waals surface area contributed by atoms with Crippen molar-refractivity contribution in [2.24, 2.45) is 5.41 Å². The minimum Gasteiger partial charge on any atom is -0.472 e. The van der Waals surface area contributed by atoms with Crippen LogP contribution in [0, 0.1) is 5.41 Å². The number of rotatable bonds is 6. The first-order chi connectivity index (χ1) is 11.6. The van der Waals surface area contributed by atoms with E-state index in [1.807, 2.05) is 6.92 Å². The average molecular weight is 334 g/mol. The molecule has 0 aromatic carbocycles. The van der Waals surface area contributed by atoms with Crippen LogP contribution in [0.2, 0.25) is 0 Å². The quantitative estimate of drug-likeness (QED) is 0.836. The maximum absolute atomic E-state index is 12.5. The van der Waals surface area contributed by atoms with Gasteiger partial charge in [0.15, 0.2) is 0 Å². The Hall–Kier alpha value is -1.82. The predicted molar refractivity (Wildman–Crippen MR) is 88.5 cm³/mol. The van der Waals surface area contributed by atoms with Crippen LogP contribution in [0.15, 0.2) is 23.0 Å². The van der Waals surface area contributed by atoms with Crippen LogP contribution < -0.4 is 10.6 Å². The van der Waals surface area contributed by atoms with Crippen LogP contribution in [-0.4, -0.2) is 36.6 Å². The van der Waals surface area contributed by atoms with Crippen molar-refractivity contribution in [2.45, 2.75) is 64.1 Å². The lowest BCUT2D eigenvalue weighted by atomic mass is 9.60. The fraction of sp³-hybridized carbons (Fsp3) is 0.667. The highest BCUT2D eigenvalue weighted by Gasteiger charge is 2.57. The van der Waals surface area contributed by atoms with Crippen LogP contribution in [0.4, 0.5) is 0 Å². The molecular formula is C18H26N2O4. The SMILES string of the molecule is CCO[C@@H]1C[C@@H](NC(=O)[C@H](C)NC(=O)c2ccoc2)C12CCCC2. The van der Waals surface area contributed by atoms with E-state index in [1.54, 1.807) is 13.0 Å². The van der Waals surface area contributed by atoms with E-state index in [0.29, 0.717) is 12.2 Å². The average Bonchev–Trinajstić information content (AvgIpc) is 3.25. The second-order valence-corrected chi connectivity index (χ2v) is 6.89. The monoisotopic (exact) mass is 334 g/mol. The van der Waals surface area contributed by atoms with E-state index in [0.717, 1.165) is 19.3 Å². The topological polar surface area (TPSA) is 80.6 Å². The van der Waals surface area contributed by atoms with Gasteiger partial charge in [-0.1, -0.05) is 12.8 Å². The Labute approximate surface area is 142 Å². The molecule has 3 rings (SSSR count). The van der Waals surface area contributed by atoms with Gasteiger partial charge in [-0.15, -0.1) is 0 Å². The van der Waals surface area contributed by atoms with Crippen LogP contribution in [-0.2, 0) is 9.53 Å². The molecule has 0 radical (unpaired) electrons. The van der Waals surface area contributed by atoms with Crippen LogP contribution in [0.3, 0.4) is 0 Å². The number of carbonyl (C=O) groups is 2. The van der Waals surface area contributed by atoms with Crippen LogP contribution in [0.1, 0.15) is 56.3 Å². The molecule has 132 valence electrons. The van der Waals surface area contributed by atoms with Crippen molar-refractivity contribution < 1.29 is 18.7 Å². The van der Waals surface area contributed by atoms with Gasteiger partial charge in [-0.05, 0) is 39.2 Å². The van der Waals surface area contributed by atoms with Crippen LogP contribution in [0.5, 0.6) is 0 Å². The number of amides is 2. The molecule has 3 atom stereocenters. The first kappa shape index (κ1) is 17.0. The Balaban J connectivity index is 1.55. The minimum atomic E-state index is -0.586. The molecule has 2 N–H and O–H groups in total. The van der Waals surface area contributed by atoms with Gasteiger partial charge in [0.1, 0.15) is 12.3 Å². The summed E-state index contributed by atoms with van der Waals surface area (Å²) in [6.45, 7) is 4.43. The Morgan fingerprint density at radius 1 is 1.42 bits per heavy atom. The summed E-state index contributed by atoms with van der Waals surface area (Å²) in [6.07, 6.45) is 8.54. The fourth-order valence-electron chi connectivity index (χ4n) is 4.12. The van der Waals surface area contributed by atoms with Gasteiger partial charge >= 0.3 is 0 Å². The zero-order valence-electron chi connectivity index (χ0n) is 14.3. The van der Waals surface area contributed by atoms with E-state index in [9.17, 15) is 9.59 Å². The van der Waals surface area contributed by atoms with Gasteiger partial charge in [0.05, 0.1) is 17.9 Å². The van der Waals surface area contributed by atoms with Gasteiger partial charge < -0.3 is 19.8 Å². The Morgan fingerprint density at radius 3 is 2.79 bits per heavy atom. The molecule has 0 saturated heterocycles. The zero-order valence-corrected chi connectivity index (χ0v) is 14.3. The standard InChI is InChI=1S/C18H26N2O4/c1-3-24-15-10-14(18(15)7-4-5-8-18)20-16(21)12(2)19-17(22)13-6-9-23-11-13/h6,9,11-12,14-15H,3-5,7-8,10H2,1-2H3,(H,19,22)(H,20,21)/t12-,14+,15+/m0/s1. The van der Waals surface area contributed by atoms with E-state index in [1.165, 1.54) is 25.4 Å². The summed E-state index contributed by atoms with van der Waals surface area (Å²) in [7, 11) is 0. The molecule has 6 heteroatoms. The molecule has 0 unspecified atom stereocenters. The van der Waals surface area contributed by atoms with Crippen molar-refractivity contribution in [3.8, 4) is 0 Å². The Kier molecular flexibility index (Phi) is 4.94. The third-order valence-electron chi connectivity index (χ3n) is 5.53. The smallest absolute Gasteiger partial charge is 0.255 e. The second-order valence-electron chi connectivity index (χ2n) is 6.89. The molecule has 2 fully saturated rings. The molecule has 1 aromatic heterocycles. The number of hydrogen-bond donors (Lipinski definition) is 2. The molecular weight excluding hydrogens is 308 g/mol. The fourth-order valence-corrected chi connectivity index (χ4v) is 4.12. The van der Waals surface area contributed by atoms with Crippen LogP contribution >= 0.6 is 0 Å². The van der Waals surface area contributed by atoms with Crippen molar-refractivity contribution in [3.05, 3.63) is 24.2 Å². The maximum Gasteiger partial charge on any atom is 0.255 e. The highest BCUT2D eigenvalue weighted by Crippen LogP contribution is 2.54. The van der Waals surface area contributed by atoms with E-state index < -0.39 is 6.04 Å². The Morgan fingerprint density at radius 2 is 2.17 bits per heavy atom. The summed E-state index contributed by atoms with van der Waals surface area (Å²) in [5.74, 6) is -0.444. The largest absolute Gasteiger partial charge is 0.472 e. The van der Waals surface area contributed by atoms with Crippen molar-refractivity contribution in [3.63, 3.8) is 0 Å². The van der Waals surface area contributed by atoms with Gasteiger partial charge in [0, 0.05) is 18.1 Å². The number of furan rings is 1. The lowest BCUT2D eigenvalue weighted by Crippen LogP contribution is -2.65. The van der Waals surface area contributed by atoms with Crippen molar-refractivity contribution in [1.29, 1.82) is 0 Å². The number of carbonyl (C=O) groups excluding carboxylic acids is 2. The summed E-state index contributed by atoms with van der Waals surface area (Å²) in [6, 6.07) is 1.14. The molecule has 1 heterocycles. The predicted octanol–water partition coefficient (Wildman–Crippen LogP) is 2.25. The zero-order chi connectivity index (χ0) is 17.2. The Bertz CT molecular complexity index is 578. The molecule has 1 spiro atoms. The van der Waals surface area contributed by atoms with E-state index in [4.69, 9.17) is 9.15 Å². The first-order valence-corrected chi connectivity index (χ1v) is 8.82. The molecule has 6 nitrogen and oxygen atoms in total. The molecule has 0 bridgehead atoms. The third kappa shape index (κ3) is 3.07.